The molecule has 2 rings (SSSR count). The van der Waals surface area contributed by atoms with Gasteiger partial charge < -0.3 is 4.90 Å². The van der Waals surface area contributed by atoms with Crippen LogP contribution in [0, 0.1) is 11.3 Å². The Hall–Kier alpha value is -1.96. The molecule has 0 aliphatic carbocycles. The number of anilines is 1. The summed E-state index contributed by atoms with van der Waals surface area (Å²) in [6.45, 7) is 2.37. The highest BCUT2D eigenvalue weighted by molar-refractivity contribution is 5.84. The number of carbonyl (C=O) groups excluding carboxylic acids is 1. The first-order valence-electron chi connectivity index (χ1n) is 5.72. The van der Waals surface area contributed by atoms with Crippen LogP contribution in [0.5, 0.6) is 0 Å². The van der Waals surface area contributed by atoms with Crippen molar-refractivity contribution in [2.24, 2.45) is 0 Å². The minimum Gasteiger partial charge on any atom is -0.331 e. The quantitative estimate of drug-likeness (QED) is 0.765. The van der Waals surface area contributed by atoms with Gasteiger partial charge in [-0.15, -0.1) is 0 Å². The summed E-state index contributed by atoms with van der Waals surface area (Å²) < 4.78 is 0. The number of carbonyl (C=O) groups is 1. The van der Waals surface area contributed by atoms with Crippen LogP contribution in [0.1, 0.15) is 31.9 Å². The van der Waals surface area contributed by atoms with Crippen molar-refractivity contribution in [2.45, 2.75) is 32.2 Å². The maximum Gasteiger partial charge on any atom is 0.227 e. The van der Waals surface area contributed by atoms with Crippen LogP contribution in [0.25, 0.3) is 0 Å². The molecule has 88 valence electrons. The number of rotatable bonds is 2. The minimum atomic E-state index is -0.141. The third-order valence-electron chi connectivity index (χ3n) is 2.99. The van der Waals surface area contributed by atoms with Crippen LogP contribution in [0.15, 0.2) is 12.3 Å². The highest BCUT2D eigenvalue weighted by Crippen LogP contribution is 2.22. The second-order valence-electron chi connectivity index (χ2n) is 4.17. The standard InChI is InChI=1S/C12H14N4O/c1-9(17)11-4-2-3-7-16(11)12-14-6-5-10(8-13)15-12/h5-6,11H,2-4,7H2,1H3. The van der Waals surface area contributed by atoms with Gasteiger partial charge in [0.1, 0.15) is 11.8 Å². The molecule has 0 bridgehead atoms. The Labute approximate surface area is 100 Å². The second kappa shape index (κ2) is 4.91. The lowest BCUT2D eigenvalue weighted by Gasteiger charge is -2.33. The molecule has 1 saturated heterocycles. The first-order valence-corrected chi connectivity index (χ1v) is 5.72. The highest BCUT2D eigenvalue weighted by Gasteiger charge is 2.27. The molecular weight excluding hydrogens is 216 g/mol. The molecule has 0 aromatic carbocycles. The molecule has 1 fully saturated rings. The first-order chi connectivity index (χ1) is 8.22. The average Bonchev–Trinajstić information content (AvgIpc) is 2.39. The predicted molar refractivity (Wildman–Crippen MR) is 62.4 cm³/mol. The molecule has 0 saturated carbocycles. The molecule has 1 aliphatic heterocycles. The van der Waals surface area contributed by atoms with Gasteiger partial charge in [-0.1, -0.05) is 0 Å². The predicted octanol–water partition coefficient (Wildman–Crippen LogP) is 1.30. The molecule has 0 radical (unpaired) electrons. The van der Waals surface area contributed by atoms with Gasteiger partial charge in [-0.3, -0.25) is 4.79 Å². The van der Waals surface area contributed by atoms with Crippen LogP contribution in [0.2, 0.25) is 0 Å². The van der Waals surface area contributed by atoms with Gasteiger partial charge >= 0.3 is 0 Å². The maximum absolute atomic E-state index is 11.6. The second-order valence-corrected chi connectivity index (χ2v) is 4.17. The summed E-state index contributed by atoms with van der Waals surface area (Å²) in [6, 6.07) is 3.41. The van der Waals surface area contributed by atoms with Gasteiger partial charge in [-0.2, -0.15) is 5.26 Å². The molecule has 1 atom stereocenters. The Morgan fingerprint density at radius 1 is 1.59 bits per heavy atom. The van der Waals surface area contributed by atoms with Crippen molar-refractivity contribution in [2.75, 3.05) is 11.4 Å². The Kier molecular flexibility index (Phi) is 3.33. The fraction of sp³-hybridized carbons (Fsp3) is 0.500. The monoisotopic (exact) mass is 230 g/mol. The van der Waals surface area contributed by atoms with Gasteiger partial charge in [0.25, 0.3) is 0 Å². The number of aromatic nitrogens is 2. The van der Waals surface area contributed by atoms with E-state index in [-0.39, 0.29) is 11.8 Å². The van der Waals surface area contributed by atoms with Crippen molar-refractivity contribution >= 4 is 11.7 Å². The highest BCUT2D eigenvalue weighted by atomic mass is 16.1. The van der Waals surface area contributed by atoms with Crippen molar-refractivity contribution < 1.29 is 4.79 Å². The van der Waals surface area contributed by atoms with Crippen LogP contribution in [0.4, 0.5) is 5.95 Å². The van der Waals surface area contributed by atoms with Crippen molar-refractivity contribution in [1.82, 2.24) is 9.97 Å². The Morgan fingerprint density at radius 3 is 3.12 bits per heavy atom. The molecule has 1 aromatic rings. The number of ketones is 1. The van der Waals surface area contributed by atoms with E-state index in [0.29, 0.717) is 11.6 Å². The number of nitriles is 1. The lowest BCUT2D eigenvalue weighted by Crippen LogP contribution is -2.44. The van der Waals surface area contributed by atoms with E-state index < -0.39 is 0 Å². The molecule has 1 aromatic heterocycles. The third kappa shape index (κ3) is 2.41. The first kappa shape index (κ1) is 11.5. The molecule has 1 aliphatic rings. The van der Waals surface area contributed by atoms with Gasteiger partial charge in [0.2, 0.25) is 5.95 Å². The Bertz CT molecular complexity index is 466. The molecule has 5 heteroatoms. The molecule has 1 unspecified atom stereocenters. The van der Waals surface area contributed by atoms with E-state index in [1.54, 1.807) is 19.2 Å². The van der Waals surface area contributed by atoms with Crippen molar-refractivity contribution in [1.29, 1.82) is 5.26 Å². The molecule has 5 nitrogen and oxygen atoms in total. The fourth-order valence-electron chi connectivity index (χ4n) is 2.14. The number of hydrogen-bond donors (Lipinski definition) is 0. The molecule has 2 heterocycles. The number of hydrogen-bond acceptors (Lipinski definition) is 5. The Balaban J connectivity index is 2.29. The van der Waals surface area contributed by atoms with Gasteiger partial charge in [0, 0.05) is 12.7 Å². The van der Waals surface area contributed by atoms with Gasteiger partial charge in [-0.25, -0.2) is 9.97 Å². The number of piperidine rings is 1. The zero-order valence-corrected chi connectivity index (χ0v) is 9.76. The maximum atomic E-state index is 11.6. The summed E-state index contributed by atoms with van der Waals surface area (Å²) in [5.41, 5.74) is 0.336. The molecule has 0 spiro atoms. The van der Waals surface area contributed by atoms with E-state index in [0.717, 1.165) is 25.8 Å². The van der Waals surface area contributed by atoms with Crippen molar-refractivity contribution in [3.63, 3.8) is 0 Å². The third-order valence-corrected chi connectivity index (χ3v) is 2.99. The van der Waals surface area contributed by atoms with E-state index in [1.165, 1.54) is 0 Å². The van der Waals surface area contributed by atoms with Crippen molar-refractivity contribution in [3.05, 3.63) is 18.0 Å². The molecule has 0 N–H and O–H groups in total. The normalized spacial score (nSPS) is 19.8. The zero-order chi connectivity index (χ0) is 12.3. The molecule has 0 amide bonds. The summed E-state index contributed by atoms with van der Waals surface area (Å²) in [4.78, 5) is 21.8. The molecule has 17 heavy (non-hydrogen) atoms. The van der Waals surface area contributed by atoms with Crippen LogP contribution in [-0.4, -0.2) is 28.3 Å². The van der Waals surface area contributed by atoms with Crippen molar-refractivity contribution in [3.8, 4) is 6.07 Å². The van der Waals surface area contributed by atoms with E-state index in [1.807, 2.05) is 11.0 Å². The summed E-state index contributed by atoms with van der Waals surface area (Å²) >= 11 is 0. The van der Waals surface area contributed by atoms with Crippen LogP contribution in [-0.2, 0) is 4.79 Å². The lowest BCUT2D eigenvalue weighted by molar-refractivity contribution is -0.118. The average molecular weight is 230 g/mol. The molecular formula is C12H14N4O. The minimum absolute atomic E-state index is 0.135. The van der Waals surface area contributed by atoms with Crippen LogP contribution < -0.4 is 4.90 Å². The Morgan fingerprint density at radius 2 is 2.41 bits per heavy atom. The smallest absolute Gasteiger partial charge is 0.227 e. The van der Waals surface area contributed by atoms with E-state index in [9.17, 15) is 4.79 Å². The van der Waals surface area contributed by atoms with Crippen LogP contribution >= 0.6 is 0 Å². The number of nitrogens with zero attached hydrogens (tertiary/aromatic N) is 4. The van der Waals surface area contributed by atoms with E-state index in [4.69, 9.17) is 5.26 Å². The summed E-state index contributed by atoms with van der Waals surface area (Å²) in [6.07, 6.45) is 4.49. The summed E-state index contributed by atoms with van der Waals surface area (Å²) in [5, 5.41) is 8.81. The van der Waals surface area contributed by atoms with Crippen LogP contribution in [0.3, 0.4) is 0 Å². The van der Waals surface area contributed by atoms with Gasteiger partial charge in [0.15, 0.2) is 5.78 Å². The van der Waals surface area contributed by atoms with E-state index in [2.05, 4.69) is 9.97 Å². The zero-order valence-electron chi connectivity index (χ0n) is 9.76. The van der Waals surface area contributed by atoms with Gasteiger partial charge in [0.05, 0.1) is 6.04 Å². The topological polar surface area (TPSA) is 69.9 Å². The largest absolute Gasteiger partial charge is 0.331 e. The lowest BCUT2D eigenvalue weighted by atomic mass is 10.00. The summed E-state index contributed by atoms with van der Waals surface area (Å²) in [7, 11) is 0. The van der Waals surface area contributed by atoms with Gasteiger partial charge in [-0.05, 0) is 32.3 Å². The fourth-order valence-corrected chi connectivity index (χ4v) is 2.14. The van der Waals surface area contributed by atoms with E-state index >= 15 is 0 Å². The SMILES string of the molecule is CC(=O)C1CCCCN1c1nccc(C#N)n1. The number of Topliss-reactive ketones (excluding diaryl/α,β-unsaturated/α-hetero) is 1. The summed E-state index contributed by atoms with van der Waals surface area (Å²) in [5.74, 6) is 0.625.